The second-order valence-electron chi connectivity index (χ2n) is 5.44. The monoisotopic (exact) mass is 324 g/mol. The number of hydrogen-bond donors (Lipinski definition) is 0. The largest absolute Gasteiger partial charge is 0.494 e. The van der Waals surface area contributed by atoms with E-state index in [0.717, 1.165) is 30.0 Å². The maximum Gasteiger partial charge on any atom is 0.123 e. The first kappa shape index (κ1) is 16.1. The van der Waals surface area contributed by atoms with Crippen molar-refractivity contribution in [1.82, 2.24) is 14.9 Å². The van der Waals surface area contributed by atoms with Gasteiger partial charge in [0.2, 0.25) is 0 Å². The predicted octanol–water partition coefficient (Wildman–Crippen LogP) is 3.93. The summed E-state index contributed by atoms with van der Waals surface area (Å²) in [7, 11) is 0. The quantitative estimate of drug-likeness (QED) is 0.589. The van der Waals surface area contributed by atoms with E-state index < -0.39 is 0 Å². The van der Waals surface area contributed by atoms with Crippen molar-refractivity contribution >= 4 is 5.69 Å². The molecular formula is C19H19FN3O. The van der Waals surface area contributed by atoms with Crippen LogP contribution in [0.15, 0.2) is 67.3 Å². The third-order valence-electron chi connectivity index (χ3n) is 3.58. The van der Waals surface area contributed by atoms with E-state index in [1.807, 2.05) is 35.0 Å². The zero-order chi connectivity index (χ0) is 16.6. The molecule has 0 fully saturated rings. The molecule has 4 nitrogen and oxygen atoms in total. The van der Waals surface area contributed by atoms with E-state index in [0.29, 0.717) is 13.2 Å². The number of aromatic nitrogens is 2. The highest BCUT2D eigenvalue weighted by Crippen LogP contribution is 2.15. The molecule has 3 rings (SSSR count). The van der Waals surface area contributed by atoms with Crippen molar-refractivity contribution in [2.75, 3.05) is 6.61 Å². The van der Waals surface area contributed by atoms with Crippen LogP contribution in [0.1, 0.15) is 12.0 Å². The van der Waals surface area contributed by atoms with Crippen LogP contribution in [0, 0.1) is 5.82 Å². The minimum Gasteiger partial charge on any atom is -0.494 e. The van der Waals surface area contributed by atoms with Crippen molar-refractivity contribution in [2.24, 2.45) is 0 Å². The minimum atomic E-state index is -0.247. The van der Waals surface area contributed by atoms with Crippen molar-refractivity contribution in [3.8, 4) is 5.75 Å². The van der Waals surface area contributed by atoms with Crippen LogP contribution < -0.4 is 10.1 Å². The summed E-state index contributed by atoms with van der Waals surface area (Å²) < 4.78 is 20.6. The number of aryl methyl sites for hydroxylation is 1. The Kier molecular flexibility index (Phi) is 5.45. The van der Waals surface area contributed by atoms with E-state index in [1.54, 1.807) is 24.7 Å². The van der Waals surface area contributed by atoms with E-state index in [1.165, 1.54) is 12.1 Å². The molecule has 0 aliphatic heterocycles. The molecule has 3 aromatic rings. The number of halogens is 1. The van der Waals surface area contributed by atoms with Gasteiger partial charge in [-0.25, -0.2) is 9.37 Å². The third-order valence-corrected chi connectivity index (χ3v) is 3.58. The average molecular weight is 324 g/mol. The molecule has 0 saturated carbocycles. The fraction of sp³-hybridized carbons (Fsp3) is 0.211. The van der Waals surface area contributed by atoms with Gasteiger partial charge in [-0.3, -0.25) is 5.32 Å². The van der Waals surface area contributed by atoms with Crippen molar-refractivity contribution < 1.29 is 9.13 Å². The fourth-order valence-corrected chi connectivity index (χ4v) is 2.28. The molecule has 0 unspecified atom stereocenters. The van der Waals surface area contributed by atoms with Crippen molar-refractivity contribution in [2.45, 2.75) is 19.5 Å². The molecule has 1 heterocycles. The van der Waals surface area contributed by atoms with Gasteiger partial charge in [-0.15, -0.1) is 0 Å². The number of benzene rings is 2. The zero-order valence-electron chi connectivity index (χ0n) is 13.3. The van der Waals surface area contributed by atoms with Crippen LogP contribution in [-0.2, 0) is 13.1 Å². The molecule has 0 aliphatic carbocycles. The van der Waals surface area contributed by atoms with Gasteiger partial charge < -0.3 is 9.30 Å². The Bertz CT molecular complexity index is 724. The molecule has 5 heteroatoms. The predicted molar refractivity (Wildman–Crippen MR) is 90.7 cm³/mol. The maximum absolute atomic E-state index is 12.8. The number of imidazole rings is 1. The van der Waals surface area contributed by atoms with Crippen molar-refractivity contribution in [3.05, 3.63) is 78.6 Å². The standard InChI is InChI=1S/C19H19FN3O/c20-17-4-6-18(7-5-17)22-14-16-2-8-19(9-3-16)24-13-1-11-23-12-10-21-15-23/h2-10,12,15H,1,11,13-14H2. The van der Waals surface area contributed by atoms with Crippen LogP contribution in [0.5, 0.6) is 5.75 Å². The first-order valence-electron chi connectivity index (χ1n) is 7.90. The number of nitrogens with zero attached hydrogens (tertiary/aromatic N) is 3. The molecule has 0 bridgehead atoms. The number of hydrogen-bond acceptors (Lipinski definition) is 2. The molecule has 123 valence electrons. The molecule has 24 heavy (non-hydrogen) atoms. The van der Waals surface area contributed by atoms with Crippen LogP contribution in [0.25, 0.3) is 0 Å². The highest BCUT2D eigenvalue weighted by Gasteiger charge is 1.99. The van der Waals surface area contributed by atoms with Gasteiger partial charge in [0.15, 0.2) is 0 Å². The van der Waals surface area contributed by atoms with Gasteiger partial charge in [-0.1, -0.05) is 12.1 Å². The summed E-state index contributed by atoms with van der Waals surface area (Å²) in [5.41, 5.74) is 1.86. The van der Waals surface area contributed by atoms with Crippen molar-refractivity contribution in [1.29, 1.82) is 0 Å². The Morgan fingerprint density at radius 2 is 1.83 bits per heavy atom. The smallest absolute Gasteiger partial charge is 0.123 e. The molecule has 0 amide bonds. The average Bonchev–Trinajstić information content (AvgIpc) is 3.13. The highest BCUT2D eigenvalue weighted by atomic mass is 19.1. The van der Waals surface area contributed by atoms with E-state index in [9.17, 15) is 4.39 Å². The Hall–Kier alpha value is -2.82. The SMILES string of the molecule is Fc1ccc([N]Cc2ccc(OCCCn3ccnc3)cc2)cc1. The van der Waals surface area contributed by atoms with Crippen molar-refractivity contribution in [3.63, 3.8) is 0 Å². The minimum absolute atomic E-state index is 0.247. The Morgan fingerprint density at radius 3 is 2.54 bits per heavy atom. The third kappa shape index (κ3) is 4.84. The topological polar surface area (TPSA) is 41.2 Å². The van der Waals surface area contributed by atoms with Gasteiger partial charge in [0.1, 0.15) is 11.6 Å². The van der Waals surface area contributed by atoms with Gasteiger partial charge in [0.05, 0.1) is 25.2 Å². The molecule has 0 atom stereocenters. The molecule has 0 N–H and O–H groups in total. The summed E-state index contributed by atoms with van der Waals surface area (Å²) in [6.45, 7) is 2.12. The van der Waals surface area contributed by atoms with Crippen LogP contribution in [0.3, 0.4) is 0 Å². The van der Waals surface area contributed by atoms with Gasteiger partial charge >= 0.3 is 0 Å². The normalized spacial score (nSPS) is 10.5. The van der Waals surface area contributed by atoms with Crippen LogP contribution in [-0.4, -0.2) is 16.2 Å². The second-order valence-corrected chi connectivity index (χ2v) is 5.44. The Balaban J connectivity index is 1.40. The molecule has 1 radical (unpaired) electrons. The van der Waals surface area contributed by atoms with E-state index >= 15 is 0 Å². The summed E-state index contributed by atoms with van der Waals surface area (Å²) in [6.07, 6.45) is 6.45. The van der Waals surface area contributed by atoms with E-state index in [4.69, 9.17) is 4.74 Å². The summed E-state index contributed by atoms with van der Waals surface area (Å²) in [4.78, 5) is 4.01. The zero-order valence-corrected chi connectivity index (χ0v) is 13.3. The lowest BCUT2D eigenvalue weighted by Crippen LogP contribution is -2.03. The van der Waals surface area contributed by atoms with E-state index in [-0.39, 0.29) is 5.82 Å². The molecule has 2 aromatic carbocycles. The Labute approximate surface area is 140 Å². The Morgan fingerprint density at radius 1 is 1.04 bits per heavy atom. The first-order chi connectivity index (χ1) is 11.8. The first-order valence-corrected chi connectivity index (χ1v) is 7.90. The summed E-state index contributed by atoms with van der Waals surface area (Å²) in [6, 6.07) is 14.1. The van der Waals surface area contributed by atoms with Gasteiger partial charge in [0, 0.05) is 18.9 Å². The summed E-state index contributed by atoms with van der Waals surface area (Å²) >= 11 is 0. The van der Waals surface area contributed by atoms with E-state index in [2.05, 4.69) is 10.3 Å². The number of ether oxygens (including phenoxy) is 1. The van der Waals surface area contributed by atoms with Gasteiger partial charge in [0.25, 0.3) is 0 Å². The lowest BCUT2D eigenvalue weighted by molar-refractivity contribution is 0.301. The molecule has 0 saturated heterocycles. The summed E-state index contributed by atoms with van der Waals surface area (Å²) in [5, 5.41) is 4.44. The van der Waals surface area contributed by atoms with Crippen LogP contribution in [0.4, 0.5) is 10.1 Å². The van der Waals surface area contributed by atoms with Crippen LogP contribution >= 0.6 is 0 Å². The van der Waals surface area contributed by atoms with Gasteiger partial charge in [-0.05, 0) is 48.4 Å². The summed E-state index contributed by atoms with van der Waals surface area (Å²) in [5.74, 6) is 0.606. The maximum atomic E-state index is 12.8. The molecule has 1 aromatic heterocycles. The van der Waals surface area contributed by atoms with Crippen LogP contribution in [0.2, 0.25) is 0 Å². The molecule has 0 spiro atoms. The number of rotatable bonds is 8. The molecular weight excluding hydrogens is 305 g/mol. The fourth-order valence-electron chi connectivity index (χ4n) is 2.28. The second kappa shape index (κ2) is 8.15. The van der Waals surface area contributed by atoms with Gasteiger partial charge in [-0.2, -0.15) is 0 Å². The lowest BCUT2D eigenvalue weighted by atomic mass is 10.2. The lowest BCUT2D eigenvalue weighted by Gasteiger charge is -2.08. The highest BCUT2D eigenvalue weighted by molar-refractivity contribution is 5.36. The molecule has 0 aliphatic rings.